The summed E-state index contributed by atoms with van der Waals surface area (Å²) in [5, 5.41) is 12.9. The SMILES string of the molecule is CCCN1C(=O)C2(Nc3ccccc3C(=O)N2CCO)c2ccccc21. The summed E-state index contributed by atoms with van der Waals surface area (Å²) < 4.78 is 0. The Morgan fingerprint density at radius 2 is 1.77 bits per heavy atom. The monoisotopic (exact) mass is 351 g/mol. The van der Waals surface area contributed by atoms with E-state index in [1.807, 2.05) is 43.3 Å². The lowest BCUT2D eigenvalue weighted by Gasteiger charge is -2.44. The zero-order valence-corrected chi connectivity index (χ0v) is 14.6. The van der Waals surface area contributed by atoms with E-state index in [1.165, 1.54) is 4.90 Å². The molecule has 0 radical (unpaired) electrons. The molecule has 0 saturated heterocycles. The summed E-state index contributed by atoms with van der Waals surface area (Å²) in [4.78, 5) is 29.9. The number of amides is 2. The molecule has 2 aliphatic heterocycles. The highest BCUT2D eigenvalue weighted by atomic mass is 16.3. The number of benzene rings is 2. The number of hydrogen-bond donors (Lipinski definition) is 2. The molecular weight excluding hydrogens is 330 g/mol. The Bertz CT molecular complexity index is 882. The summed E-state index contributed by atoms with van der Waals surface area (Å²) in [6, 6.07) is 14.7. The van der Waals surface area contributed by atoms with E-state index < -0.39 is 5.66 Å². The molecule has 2 aromatic carbocycles. The highest BCUT2D eigenvalue weighted by Crippen LogP contribution is 2.47. The van der Waals surface area contributed by atoms with Crippen molar-refractivity contribution in [3.63, 3.8) is 0 Å². The van der Waals surface area contributed by atoms with Crippen molar-refractivity contribution < 1.29 is 14.7 Å². The van der Waals surface area contributed by atoms with Gasteiger partial charge < -0.3 is 20.2 Å². The molecule has 1 unspecified atom stereocenters. The first-order chi connectivity index (χ1) is 12.6. The molecule has 2 aromatic rings. The normalized spacial score (nSPS) is 21.0. The molecule has 0 bridgehead atoms. The van der Waals surface area contributed by atoms with Gasteiger partial charge in [0.15, 0.2) is 0 Å². The first-order valence-electron chi connectivity index (χ1n) is 8.86. The van der Waals surface area contributed by atoms with Gasteiger partial charge in [-0.1, -0.05) is 37.3 Å². The molecule has 0 aliphatic carbocycles. The van der Waals surface area contributed by atoms with Crippen LogP contribution >= 0.6 is 0 Å². The van der Waals surface area contributed by atoms with Crippen LogP contribution in [0.25, 0.3) is 0 Å². The Kier molecular flexibility index (Phi) is 3.92. The Morgan fingerprint density at radius 3 is 2.54 bits per heavy atom. The van der Waals surface area contributed by atoms with Crippen molar-refractivity contribution in [1.29, 1.82) is 0 Å². The van der Waals surface area contributed by atoms with E-state index in [-0.39, 0.29) is 25.0 Å². The molecule has 2 heterocycles. The van der Waals surface area contributed by atoms with E-state index in [0.717, 1.165) is 17.7 Å². The fourth-order valence-electron chi connectivity index (χ4n) is 3.97. The van der Waals surface area contributed by atoms with Crippen molar-refractivity contribution in [2.75, 3.05) is 29.9 Å². The van der Waals surface area contributed by atoms with Gasteiger partial charge in [0, 0.05) is 24.3 Å². The van der Waals surface area contributed by atoms with Gasteiger partial charge in [0.1, 0.15) is 0 Å². The summed E-state index contributed by atoms with van der Waals surface area (Å²) in [6.45, 7) is 2.43. The fraction of sp³-hybridized carbons (Fsp3) is 0.300. The van der Waals surface area contributed by atoms with Gasteiger partial charge in [-0.2, -0.15) is 0 Å². The standard InChI is InChI=1S/C20H21N3O3/c1-2-11-22-17-10-6-4-8-15(17)20(19(22)26)21-16-9-5-3-7-14(16)18(25)23(20)12-13-24/h3-10,21,24H,2,11-13H2,1H3. The van der Waals surface area contributed by atoms with Gasteiger partial charge in [0.2, 0.25) is 5.66 Å². The van der Waals surface area contributed by atoms with Crippen molar-refractivity contribution in [1.82, 2.24) is 4.90 Å². The van der Waals surface area contributed by atoms with Crippen LogP contribution in [-0.4, -0.2) is 41.5 Å². The molecule has 1 atom stereocenters. The zero-order chi connectivity index (χ0) is 18.3. The molecule has 134 valence electrons. The van der Waals surface area contributed by atoms with Crippen LogP contribution in [0.1, 0.15) is 29.3 Å². The Labute approximate surface area is 152 Å². The predicted octanol–water partition coefficient (Wildman–Crippen LogP) is 2.16. The second-order valence-corrected chi connectivity index (χ2v) is 6.54. The van der Waals surface area contributed by atoms with E-state index in [0.29, 0.717) is 17.8 Å². The number of aliphatic hydroxyl groups is 1. The molecule has 2 aliphatic rings. The quantitative estimate of drug-likeness (QED) is 0.885. The second kappa shape index (κ2) is 6.14. The van der Waals surface area contributed by atoms with E-state index in [1.54, 1.807) is 17.0 Å². The number of para-hydroxylation sites is 2. The molecule has 1 spiro atoms. The van der Waals surface area contributed by atoms with Crippen LogP contribution in [0.4, 0.5) is 11.4 Å². The maximum absolute atomic E-state index is 13.6. The topological polar surface area (TPSA) is 72.9 Å². The molecule has 6 heteroatoms. The largest absolute Gasteiger partial charge is 0.395 e. The molecule has 0 fully saturated rings. The van der Waals surface area contributed by atoms with Gasteiger partial charge in [0.05, 0.1) is 17.9 Å². The minimum Gasteiger partial charge on any atom is -0.395 e. The molecule has 6 nitrogen and oxygen atoms in total. The number of aliphatic hydroxyl groups excluding tert-OH is 1. The lowest BCUT2D eigenvalue weighted by Crippen LogP contribution is -2.63. The van der Waals surface area contributed by atoms with Crippen molar-refractivity contribution in [3.05, 3.63) is 59.7 Å². The lowest BCUT2D eigenvalue weighted by molar-refractivity contribution is -0.127. The maximum atomic E-state index is 13.6. The molecular formula is C20H21N3O3. The fourth-order valence-corrected chi connectivity index (χ4v) is 3.97. The highest BCUT2D eigenvalue weighted by molar-refractivity contribution is 6.15. The number of rotatable bonds is 4. The first kappa shape index (κ1) is 16.6. The van der Waals surface area contributed by atoms with Crippen LogP contribution in [0.3, 0.4) is 0 Å². The van der Waals surface area contributed by atoms with Crippen molar-refractivity contribution in [2.45, 2.75) is 19.0 Å². The van der Waals surface area contributed by atoms with Gasteiger partial charge >= 0.3 is 0 Å². The van der Waals surface area contributed by atoms with Crippen LogP contribution in [0.5, 0.6) is 0 Å². The van der Waals surface area contributed by atoms with E-state index in [2.05, 4.69) is 5.32 Å². The van der Waals surface area contributed by atoms with Crippen LogP contribution < -0.4 is 10.2 Å². The Morgan fingerprint density at radius 1 is 1.04 bits per heavy atom. The minimum atomic E-state index is -1.32. The van der Waals surface area contributed by atoms with Gasteiger partial charge in [-0.3, -0.25) is 9.59 Å². The summed E-state index contributed by atoms with van der Waals surface area (Å²) in [6.07, 6.45) is 0.806. The molecule has 0 saturated carbocycles. The summed E-state index contributed by atoms with van der Waals surface area (Å²) >= 11 is 0. The molecule has 2 amide bonds. The van der Waals surface area contributed by atoms with Crippen molar-refractivity contribution in [2.24, 2.45) is 0 Å². The predicted molar refractivity (Wildman–Crippen MR) is 99.0 cm³/mol. The summed E-state index contributed by atoms with van der Waals surface area (Å²) in [7, 11) is 0. The van der Waals surface area contributed by atoms with Gasteiger partial charge in [-0.15, -0.1) is 0 Å². The van der Waals surface area contributed by atoms with Crippen molar-refractivity contribution >= 4 is 23.2 Å². The third-order valence-corrected chi connectivity index (χ3v) is 5.03. The van der Waals surface area contributed by atoms with Crippen molar-refractivity contribution in [3.8, 4) is 0 Å². The number of carbonyl (C=O) groups is 2. The minimum absolute atomic E-state index is 0.0696. The molecule has 2 N–H and O–H groups in total. The number of nitrogens with zero attached hydrogens (tertiary/aromatic N) is 2. The molecule has 0 aromatic heterocycles. The third-order valence-electron chi connectivity index (χ3n) is 5.03. The molecule has 26 heavy (non-hydrogen) atoms. The summed E-state index contributed by atoms with van der Waals surface area (Å²) in [5.41, 5.74) is 1.37. The number of carbonyl (C=O) groups excluding carboxylic acids is 2. The lowest BCUT2D eigenvalue weighted by atomic mass is 9.93. The van der Waals surface area contributed by atoms with Gasteiger partial charge in [-0.25, -0.2) is 0 Å². The average molecular weight is 351 g/mol. The number of nitrogens with one attached hydrogen (secondary N) is 1. The van der Waals surface area contributed by atoms with Crippen LogP contribution in [0.15, 0.2) is 48.5 Å². The maximum Gasteiger partial charge on any atom is 0.278 e. The van der Waals surface area contributed by atoms with Crippen LogP contribution in [-0.2, 0) is 10.5 Å². The highest BCUT2D eigenvalue weighted by Gasteiger charge is 2.58. The smallest absolute Gasteiger partial charge is 0.278 e. The Hall–Kier alpha value is -2.86. The van der Waals surface area contributed by atoms with Gasteiger partial charge in [0.25, 0.3) is 11.8 Å². The van der Waals surface area contributed by atoms with Gasteiger partial charge in [-0.05, 0) is 24.6 Å². The number of anilines is 2. The summed E-state index contributed by atoms with van der Waals surface area (Å²) in [5.74, 6) is -0.438. The van der Waals surface area contributed by atoms with Crippen LogP contribution in [0.2, 0.25) is 0 Å². The van der Waals surface area contributed by atoms with E-state index in [9.17, 15) is 14.7 Å². The number of hydrogen-bond acceptors (Lipinski definition) is 4. The Balaban J connectivity index is 1.96. The van der Waals surface area contributed by atoms with E-state index >= 15 is 0 Å². The number of fused-ring (bicyclic) bond motifs is 3. The first-order valence-corrected chi connectivity index (χ1v) is 8.86. The molecule has 4 rings (SSSR count). The average Bonchev–Trinajstić information content (AvgIpc) is 2.89. The number of β-amino-alcohol motifs (C(OH)–C–C–N with tert-alkyl or cyclic N) is 1. The second-order valence-electron chi connectivity index (χ2n) is 6.54. The zero-order valence-electron chi connectivity index (χ0n) is 14.6. The van der Waals surface area contributed by atoms with E-state index in [4.69, 9.17) is 0 Å². The third kappa shape index (κ3) is 2.08. The van der Waals surface area contributed by atoms with Crippen LogP contribution in [0, 0.1) is 0 Å².